The Labute approximate surface area is 91.3 Å². The fourth-order valence-corrected chi connectivity index (χ4v) is 1.24. The predicted octanol–water partition coefficient (Wildman–Crippen LogP) is 1.74. The van der Waals surface area contributed by atoms with Crippen LogP contribution in [0.5, 0.6) is 0 Å². The minimum Gasteiger partial charge on any atom is -0.481 e. The van der Waals surface area contributed by atoms with Gasteiger partial charge in [-0.25, -0.2) is 0 Å². The molecule has 0 aliphatic heterocycles. The predicted molar refractivity (Wildman–Crippen MR) is 58.6 cm³/mol. The first-order chi connectivity index (χ1) is 6.86. The van der Waals surface area contributed by atoms with E-state index < -0.39 is 5.97 Å². The minimum atomic E-state index is -0.845. The average molecular weight is 215 g/mol. The molecule has 0 fully saturated rings. The summed E-state index contributed by atoms with van der Waals surface area (Å²) in [5, 5.41) is 8.44. The molecule has 0 aliphatic carbocycles. The number of carbonyl (C=O) groups excluding carboxylic acids is 1. The number of rotatable bonds is 6. The number of amides is 1. The first-order valence-corrected chi connectivity index (χ1v) is 5.33. The van der Waals surface area contributed by atoms with Gasteiger partial charge in [-0.1, -0.05) is 13.8 Å². The first-order valence-electron chi connectivity index (χ1n) is 5.33. The van der Waals surface area contributed by atoms with Gasteiger partial charge in [0.05, 0.1) is 0 Å². The van der Waals surface area contributed by atoms with E-state index in [2.05, 4.69) is 13.8 Å². The molecule has 88 valence electrons. The fraction of sp³-hybridized carbons (Fsp3) is 0.818. The molecule has 4 heteroatoms. The van der Waals surface area contributed by atoms with Crippen LogP contribution >= 0.6 is 0 Å². The third kappa shape index (κ3) is 5.40. The van der Waals surface area contributed by atoms with Crippen molar-refractivity contribution in [2.75, 3.05) is 7.05 Å². The molecular formula is C11H21NO3. The van der Waals surface area contributed by atoms with E-state index in [4.69, 9.17) is 5.11 Å². The van der Waals surface area contributed by atoms with Crippen molar-refractivity contribution in [2.45, 2.75) is 46.1 Å². The summed E-state index contributed by atoms with van der Waals surface area (Å²) in [6.45, 7) is 6.12. The van der Waals surface area contributed by atoms with E-state index in [9.17, 15) is 9.59 Å². The maximum Gasteiger partial charge on any atom is 0.303 e. The maximum atomic E-state index is 11.6. The van der Waals surface area contributed by atoms with Crippen LogP contribution < -0.4 is 0 Å². The SMILES string of the molecule is CC(C)C(C)N(C)C(=O)CCCC(=O)O. The Morgan fingerprint density at radius 1 is 1.20 bits per heavy atom. The molecule has 1 N–H and O–H groups in total. The third-order valence-electron chi connectivity index (χ3n) is 2.75. The quantitative estimate of drug-likeness (QED) is 0.734. The summed E-state index contributed by atoms with van der Waals surface area (Å²) < 4.78 is 0. The van der Waals surface area contributed by atoms with Crippen molar-refractivity contribution in [3.63, 3.8) is 0 Å². The number of carbonyl (C=O) groups is 2. The zero-order chi connectivity index (χ0) is 12.0. The lowest BCUT2D eigenvalue weighted by molar-refractivity contribution is -0.137. The van der Waals surface area contributed by atoms with E-state index in [-0.39, 0.29) is 18.4 Å². The molecule has 0 radical (unpaired) electrons. The van der Waals surface area contributed by atoms with Crippen molar-refractivity contribution >= 4 is 11.9 Å². The Bertz CT molecular complexity index is 226. The van der Waals surface area contributed by atoms with Gasteiger partial charge >= 0.3 is 5.97 Å². The summed E-state index contributed by atoms with van der Waals surface area (Å²) in [6.07, 6.45) is 0.804. The van der Waals surface area contributed by atoms with Crippen molar-refractivity contribution in [3.8, 4) is 0 Å². The molecule has 0 bridgehead atoms. The van der Waals surface area contributed by atoms with E-state index in [0.717, 1.165) is 0 Å². The summed E-state index contributed by atoms with van der Waals surface area (Å²) >= 11 is 0. The van der Waals surface area contributed by atoms with E-state index >= 15 is 0 Å². The number of carboxylic acids is 1. The molecule has 0 saturated carbocycles. The largest absolute Gasteiger partial charge is 0.481 e. The van der Waals surface area contributed by atoms with Crippen LogP contribution in [0.2, 0.25) is 0 Å². The van der Waals surface area contributed by atoms with E-state index in [0.29, 0.717) is 18.8 Å². The Morgan fingerprint density at radius 3 is 2.13 bits per heavy atom. The van der Waals surface area contributed by atoms with Gasteiger partial charge in [0.1, 0.15) is 0 Å². The highest BCUT2D eigenvalue weighted by molar-refractivity contribution is 5.77. The second-order valence-electron chi connectivity index (χ2n) is 4.24. The Kier molecular flexibility index (Phi) is 5.97. The van der Waals surface area contributed by atoms with Crippen LogP contribution in [0.25, 0.3) is 0 Å². The highest BCUT2D eigenvalue weighted by atomic mass is 16.4. The van der Waals surface area contributed by atoms with Crippen LogP contribution in [0.3, 0.4) is 0 Å². The zero-order valence-electron chi connectivity index (χ0n) is 9.99. The number of carboxylic acid groups (broad SMARTS) is 1. The topological polar surface area (TPSA) is 57.6 Å². The summed E-state index contributed by atoms with van der Waals surface area (Å²) in [6, 6.07) is 0.197. The van der Waals surface area contributed by atoms with Crippen molar-refractivity contribution in [3.05, 3.63) is 0 Å². The number of nitrogens with zero attached hydrogens (tertiary/aromatic N) is 1. The van der Waals surface area contributed by atoms with Crippen LogP contribution in [-0.4, -0.2) is 35.0 Å². The summed E-state index contributed by atoms with van der Waals surface area (Å²) in [5.41, 5.74) is 0. The maximum absolute atomic E-state index is 11.6. The van der Waals surface area contributed by atoms with E-state index in [1.807, 2.05) is 6.92 Å². The highest BCUT2D eigenvalue weighted by Crippen LogP contribution is 2.10. The summed E-state index contributed by atoms with van der Waals surface area (Å²) in [7, 11) is 1.77. The van der Waals surface area contributed by atoms with Crippen molar-refractivity contribution in [1.82, 2.24) is 4.90 Å². The lowest BCUT2D eigenvalue weighted by atomic mass is 10.0. The molecule has 0 aromatic rings. The lowest BCUT2D eigenvalue weighted by Gasteiger charge is -2.28. The van der Waals surface area contributed by atoms with Gasteiger partial charge in [-0.2, -0.15) is 0 Å². The number of aliphatic carboxylic acids is 1. The Morgan fingerprint density at radius 2 is 1.73 bits per heavy atom. The van der Waals surface area contributed by atoms with Gasteiger partial charge in [-0.3, -0.25) is 9.59 Å². The Balaban J connectivity index is 3.94. The van der Waals surface area contributed by atoms with Gasteiger partial charge in [0.2, 0.25) is 5.91 Å². The second kappa shape index (κ2) is 6.43. The van der Waals surface area contributed by atoms with Gasteiger partial charge in [0.15, 0.2) is 0 Å². The molecule has 0 aromatic heterocycles. The fourth-order valence-electron chi connectivity index (χ4n) is 1.24. The third-order valence-corrected chi connectivity index (χ3v) is 2.75. The smallest absolute Gasteiger partial charge is 0.303 e. The molecule has 0 saturated heterocycles. The van der Waals surface area contributed by atoms with Crippen molar-refractivity contribution in [1.29, 1.82) is 0 Å². The van der Waals surface area contributed by atoms with E-state index in [1.165, 1.54) is 0 Å². The molecule has 15 heavy (non-hydrogen) atoms. The van der Waals surface area contributed by atoms with Crippen molar-refractivity contribution < 1.29 is 14.7 Å². The summed E-state index contributed by atoms with van der Waals surface area (Å²) in [4.78, 5) is 23.6. The lowest BCUT2D eigenvalue weighted by Crippen LogP contribution is -2.38. The molecule has 4 nitrogen and oxygen atoms in total. The molecule has 0 aromatic carbocycles. The molecule has 1 atom stereocenters. The average Bonchev–Trinajstić information content (AvgIpc) is 2.14. The molecule has 0 aliphatic rings. The van der Waals surface area contributed by atoms with Gasteiger partial charge in [-0.15, -0.1) is 0 Å². The molecule has 0 heterocycles. The monoisotopic (exact) mass is 215 g/mol. The van der Waals surface area contributed by atoms with Crippen LogP contribution in [0.4, 0.5) is 0 Å². The zero-order valence-corrected chi connectivity index (χ0v) is 9.99. The first kappa shape index (κ1) is 13.9. The number of hydrogen-bond acceptors (Lipinski definition) is 2. The standard InChI is InChI=1S/C11H21NO3/c1-8(2)9(3)12(4)10(13)6-5-7-11(14)15/h8-9H,5-7H2,1-4H3,(H,14,15). The van der Waals surface area contributed by atoms with E-state index in [1.54, 1.807) is 11.9 Å². The minimum absolute atomic E-state index is 0.0254. The number of hydrogen-bond donors (Lipinski definition) is 1. The molecule has 1 amide bonds. The van der Waals surface area contributed by atoms with Crippen LogP contribution in [0.1, 0.15) is 40.0 Å². The Hall–Kier alpha value is -1.06. The normalized spacial score (nSPS) is 12.6. The van der Waals surface area contributed by atoms with Gasteiger partial charge < -0.3 is 10.0 Å². The van der Waals surface area contributed by atoms with Gasteiger partial charge in [0.25, 0.3) is 0 Å². The van der Waals surface area contributed by atoms with Crippen molar-refractivity contribution in [2.24, 2.45) is 5.92 Å². The van der Waals surface area contributed by atoms with Gasteiger partial charge in [-0.05, 0) is 19.3 Å². The second-order valence-corrected chi connectivity index (χ2v) is 4.24. The van der Waals surface area contributed by atoms with Crippen LogP contribution in [0.15, 0.2) is 0 Å². The molecule has 0 spiro atoms. The molecule has 1 unspecified atom stereocenters. The summed E-state index contributed by atoms with van der Waals surface area (Å²) in [5.74, 6) is -0.404. The van der Waals surface area contributed by atoms with Gasteiger partial charge in [0, 0.05) is 25.9 Å². The molecular weight excluding hydrogens is 194 g/mol. The molecule has 0 rings (SSSR count). The van der Waals surface area contributed by atoms with Crippen LogP contribution in [-0.2, 0) is 9.59 Å². The highest BCUT2D eigenvalue weighted by Gasteiger charge is 2.17. The van der Waals surface area contributed by atoms with Crippen LogP contribution in [0, 0.1) is 5.92 Å².